The van der Waals surface area contributed by atoms with E-state index >= 15 is 0 Å². The normalized spacial score (nSPS) is 9.06. The van der Waals surface area contributed by atoms with Crippen LogP contribution >= 0.6 is 0 Å². The number of rotatable bonds is 4. The van der Waals surface area contributed by atoms with Crippen molar-refractivity contribution in [3.63, 3.8) is 0 Å². The molecule has 3 radical (unpaired) electrons. The quantitative estimate of drug-likeness (QED) is 0.742. The SMILES string of the molecule is CCOC(=O)c1ccccc1C(=O)OCC.[N]. The first-order chi connectivity index (χ1) is 7.70. The minimum absolute atomic E-state index is 0. The fourth-order valence-electron chi connectivity index (χ4n) is 1.26. The van der Waals surface area contributed by atoms with Crippen molar-refractivity contribution < 1.29 is 19.1 Å². The van der Waals surface area contributed by atoms with Gasteiger partial charge in [0.1, 0.15) is 0 Å². The van der Waals surface area contributed by atoms with E-state index < -0.39 is 11.9 Å². The van der Waals surface area contributed by atoms with Crippen LogP contribution in [0.2, 0.25) is 0 Å². The summed E-state index contributed by atoms with van der Waals surface area (Å²) in [5.41, 5.74) is 0.477. The van der Waals surface area contributed by atoms with E-state index in [2.05, 4.69) is 0 Å². The fraction of sp³-hybridized carbons (Fsp3) is 0.333. The second kappa shape index (κ2) is 7.40. The largest absolute Gasteiger partial charge is 0.462 e. The standard InChI is InChI=1S/C12H14O4.N/c1-3-15-11(13)9-7-5-6-8-10(9)12(14)16-4-2;/h5-8H,3-4H2,1-2H3;. The summed E-state index contributed by atoms with van der Waals surface area (Å²) in [6, 6.07) is 6.44. The maximum atomic E-state index is 11.5. The summed E-state index contributed by atoms with van der Waals surface area (Å²) in [7, 11) is 0. The molecular weight excluding hydrogens is 222 g/mol. The van der Waals surface area contributed by atoms with Gasteiger partial charge in [-0.2, -0.15) is 0 Å². The van der Waals surface area contributed by atoms with E-state index in [1.165, 1.54) is 0 Å². The van der Waals surface area contributed by atoms with Crippen LogP contribution in [0.4, 0.5) is 0 Å². The number of carbonyl (C=O) groups excluding carboxylic acids is 2. The zero-order valence-electron chi connectivity index (χ0n) is 9.80. The number of hydrogen-bond donors (Lipinski definition) is 0. The number of esters is 2. The van der Waals surface area contributed by atoms with Crippen LogP contribution < -0.4 is 6.15 Å². The Balaban J connectivity index is 0.00000256. The molecule has 5 nitrogen and oxygen atoms in total. The summed E-state index contributed by atoms with van der Waals surface area (Å²) in [4.78, 5) is 23.1. The predicted octanol–water partition coefficient (Wildman–Crippen LogP) is 1.56. The molecule has 0 saturated carbocycles. The number of benzene rings is 1. The number of carbonyl (C=O) groups is 2. The van der Waals surface area contributed by atoms with Gasteiger partial charge in [0.05, 0.1) is 24.3 Å². The summed E-state index contributed by atoms with van der Waals surface area (Å²) in [5, 5.41) is 0. The average molecular weight is 236 g/mol. The molecule has 0 aliphatic rings. The van der Waals surface area contributed by atoms with E-state index in [0.29, 0.717) is 0 Å². The lowest BCUT2D eigenvalue weighted by Gasteiger charge is -2.07. The molecule has 0 spiro atoms. The van der Waals surface area contributed by atoms with Crippen LogP contribution in [-0.2, 0) is 9.47 Å². The molecule has 0 bridgehead atoms. The van der Waals surface area contributed by atoms with Crippen LogP contribution in [0.1, 0.15) is 34.6 Å². The van der Waals surface area contributed by atoms with Gasteiger partial charge in [0.15, 0.2) is 0 Å². The third-order valence-electron chi connectivity index (χ3n) is 1.92. The molecular formula is C12H14NO4. The Kier molecular flexibility index (Phi) is 6.58. The van der Waals surface area contributed by atoms with E-state index in [9.17, 15) is 9.59 Å². The Morgan fingerprint density at radius 3 is 1.59 bits per heavy atom. The van der Waals surface area contributed by atoms with Gasteiger partial charge in [-0.15, -0.1) is 0 Å². The third-order valence-corrected chi connectivity index (χ3v) is 1.92. The highest BCUT2D eigenvalue weighted by molar-refractivity contribution is 6.03. The molecule has 1 aromatic rings. The van der Waals surface area contributed by atoms with Gasteiger partial charge in [0, 0.05) is 6.15 Å². The summed E-state index contributed by atoms with van der Waals surface area (Å²) in [5.74, 6) is -1.02. The van der Waals surface area contributed by atoms with E-state index in [1.54, 1.807) is 38.1 Å². The van der Waals surface area contributed by atoms with Crippen molar-refractivity contribution in [3.8, 4) is 0 Å². The van der Waals surface area contributed by atoms with Gasteiger partial charge in [0.25, 0.3) is 0 Å². The maximum absolute atomic E-state index is 11.5. The number of hydrogen-bond acceptors (Lipinski definition) is 4. The molecule has 0 aliphatic heterocycles. The van der Waals surface area contributed by atoms with Crippen molar-refractivity contribution >= 4 is 11.9 Å². The Hall–Kier alpha value is -1.88. The molecule has 0 N–H and O–H groups in total. The van der Waals surface area contributed by atoms with Crippen LogP contribution in [0.5, 0.6) is 0 Å². The van der Waals surface area contributed by atoms with E-state index in [0.717, 1.165) is 0 Å². The van der Waals surface area contributed by atoms with Crippen LogP contribution in [0.25, 0.3) is 0 Å². The van der Waals surface area contributed by atoms with Gasteiger partial charge in [-0.1, -0.05) is 12.1 Å². The highest BCUT2D eigenvalue weighted by Crippen LogP contribution is 2.11. The first-order valence-corrected chi connectivity index (χ1v) is 5.14. The summed E-state index contributed by atoms with van der Waals surface area (Å²) < 4.78 is 9.70. The molecule has 0 aromatic heterocycles. The third kappa shape index (κ3) is 3.88. The minimum atomic E-state index is -0.508. The van der Waals surface area contributed by atoms with Gasteiger partial charge in [-0.25, -0.2) is 9.59 Å². The predicted molar refractivity (Wildman–Crippen MR) is 60.5 cm³/mol. The molecule has 1 aromatic carbocycles. The van der Waals surface area contributed by atoms with E-state index in [1.807, 2.05) is 0 Å². The zero-order valence-corrected chi connectivity index (χ0v) is 9.80. The maximum Gasteiger partial charge on any atom is 0.338 e. The molecule has 0 unspecified atom stereocenters. The van der Waals surface area contributed by atoms with Crippen molar-refractivity contribution in [2.45, 2.75) is 13.8 Å². The monoisotopic (exact) mass is 236 g/mol. The number of ether oxygens (including phenoxy) is 2. The molecule has 0 saturated heterocycles. The molecule has 0 aliphatic carbocycles. The molecule has 5 heteroatoms. The topological polar surface area (TPSA) is 83.1 Å². The van der Waals surface area contributed by atoms with Gasteiger partial charge < -0.3 is 9.47 Å². The Morgan fingerprint density at radius 1 is 0.941 bits per heavy atom. The summed E-state index contributed by atoms with van der Waals surface area (Å²) in [6.45, 7) is 3.97. The smallest absolute Gasteiger partial charge is 0.338 e. The summed E-state index contributed by atoms with van der Waals surface area (Å²) >= 11 is 0. The zero-order chi connectivity index (χ0) is 12.0. The lowest BCUT2D eigenvalue weighted by molar-refractivity contribution is 0.0479. The summed E-state index contributed by atoms with van der Waals surface area (Å²) in [6.07, 6.45) is 0. The second-order valence-electron chi connectivity index (χ2n) is 2.99. The van der Waals surface area contributed by atoms with E-state index in [4.69, 9.17) is 9.47 Å². The Bertz CT molecular complexity index is 353. The van der Waals surface area contributed by atoms with Crippen molar-refractivity contribution in [1.29, 1.82) is 0 Å². The Labute approximate surface area is 100 Å². The average Bonchev–Trinajstić information content (AvgIpc) is 2.30. The van der Waals surface area contributed by atoms with Crippen LogP contribution in [0, 0.1) is 0 Å². The first kappa shape index (κ1) is 15.1. The van der Waals surface area contributed by atoms with Gasteiger partial charge in [-0.3, -0.25) is 0 Å². The van der Waals surface area contributed by atoms with E-state index in [-0.39, 0.29) is 30.5 Å². The van der Waals surface area contributed by atoms with Gasteiger partial charge in [0.2, 0.25) is 0 Å². The van der Waals surface area contributed by atoms with Crippen LogP contribution in [0.3, 0.4) is 0 Å². The molecule has 0 fully saturated rings. The van der Waals surface area contributed by atoms with Crippen molar-refractivity contribution in [2.75, 3.05) is 13.2 Å². The van der Waals surface area contributed by atoms with Gasteiger partial charge >= 0.3 is 11.9 Å². The molecule has 91 valence electrons. The molecule has 0 atom stereocenters. The molecule has 1 rings (SSSR count). The van der Waals surface area contributed by atoms with Crippen LogP contribution in [-0.4, -0.2) is 25.2 Å². The second-order valence-corrected chi connectivity index (χ2v) is 2.99. The Morgan fingerprint density at radius 2 is 1.29 bits per heavy atom. The fourth-order valence-corrected chi connectivity index (χ4v) is 1.26. The van der Waals surface area contributed by atoms with Crippen LogP contribution in [0.15, 0.2) is 24.3 Å². The van der Waals surface area contributed by atoms with Crippen molar-refractivity contribution in [2.24, 2.45) is 0 Å². The molecule has 17 heavy (non-hydrogen) atoms. The minimum Gasteiger partial charge on any atom is -0.462 e. The van der Waals surface area contributed by atoms with Crippen molar-refractivity contribution in [1.82, 2.24) is 6.15 Å². The number of nitrogens with zero attached hydrogens (tertiary/aromatic N) is 1. The highest BCUT2D eigenvalue weighted by Gasteiger charge is 2.17. The lowest BCUT2D eigenvalue weighted by Crippen LogP contribution is -2.13. The first-order valence-electron chi connectivity index (χ1n) is 5.14. The molecule has 0 amide bonds. The van der Waals surface area contributed by atoms with Crippen molar-refractivity contribution in [3.05, 3.63) is 35.4 Å². The lowest BCUT2D eigenvalue weighted by atomic mass is 10.1. The molecule has 0 heterocycles. The van der Waals surface area contributed by atoms with Gasteiger partial charge in [-0.05, 0) is 26.0 Å². The highest BCUT2D eigenvalue weighted by atomic mass is 16.5.